The van der Waals surface area contributed by atoms with E-state index in [2.05, 4.69) is 36.4 Å². The summed E-state index contributed by atoms with van der Waals surface area (Å²) in [5.74, 6) is 2.89. The molecule has 0 unspecified atom stereocenters. The van der Waals surface area contributed by atoms with E-state index in [0.29, 0.717) is 47.8 Å². The van der Waals surface area contributed by atoms with Crippen molar-refractivity contribution < 1.29 is 9.47 Å². The minimum atomic E-state index is -0.255. The maximum atomic E-state index is 12.8. The van der Waals surface area contributed by atoms with Gasteiger partial charge in [0.15, 0.2) is 17.3 Å². The SMILES string of the molecule is CC(C)(C)NCC1CCC(n2cc3c(nc2=O)Nc2c(OCCN)cccc2O3)CC1. The third-order valence-corrected chi connectivity index (χ3v) is 5.88. The van der Waals surface area contributed by atoms with Gasteiger partial charge in [-0.25, -0.2) is 4.79 Å². The summed E-state index contributed by atoms with van der Waals surface area (Å²) in [7, 11) is 0. The van der Waals surface area contributed by atoms with Crippen LogP contribution in [0.4, 0.5) is 11.5 Å². The molecule has 0 bridgehead atoms. The summed E-state index contributed by atoms with van der Waals surface area (Å²) in [6.45, 7) is 8.40. The van der Waals surface area contributed by atoms with Crippen LogP contribution in [0.15, 0.2) is 29.2 Å². The molecule has 2 aromatic rings. The van der Waals surface area contributed by atoms with E-state index in [0.717, 1.165) is 32.2 Å². The molecule has 1 saturated carbocycles. The summed E-state index contributed by atoms with van der Waals surface area (Å²) in [4.78, 5) is 17.1. The highest BCUT2D eigenvalue weighted by molar-refractivity contribution is 5.77. The van der Waals surface area contributed by atoms with Gasteiger partial charge in [-0.05, 0) is 71.0 Å². The molecule has 1 aromatic carbocycles. The second-order valence-corrected chi connectivity index (χ2v) is 9.44. The van der Waals surface area contributed by atoms with Crippen LogP contribution in [-0.4, -0.2) is 34.8 Å². The normalized spacial score (nSPS) is 20.3. The zero-order valence-corrected chi connectivity index (χ0v) is 18.6. The largest absolute Gasteiger partial charge is 0.490 e. The lowest BCUT2D eigenvalue weighted by Gasteiger charge is -2.32. The molecule has 168 valence electrons. The Bertz CT molecular complexity index is 974. The molecule has 1 aliphatic carbocycles. The molecule has 0 amide bonds. The first-order valence-corrected chi connectivity index (χ1v) is 11.1. The molecule has 2 aliphatic rings. The summed E-state index contributed by atoms with van der Waals surface area (Å²) in [6.07, 6.45) is 5.93. The van der Waals surface area contributed by atoms with Crippen LogP contribution < -0.4 is 31.5 Å². The Morgan fingerprint density at radius 1 is 1.26 bits per heavy atom. The molecular formula is C23H33N5O3. The van der Waals surface area contributed by atoms with Crippen LogP contribution in [0, 0.1) is 5.92 Å². The predicted octanol–water partition coefficient (Wildman–Crippen LogP) is 3.55. The van der Waals surface area contributed by atoms with E-state index in [1.807, 2.05) is 18.2 Å². The van der Waals surface area contributed by atoms with Gasteiger partial charge in [-0.15, -0.1) is 0 Å². The van der Waals surface area contributed by atoms with Crippen LogP contribution in [0.2, 0.25) is 0 Å². The fraction of sp³-hybridized carbons (Fsp3) is 0.565. The Kier molecular flexibility index (Phi) is 6.20. The standard InChI is InChI=1S/C23H33N5O3/c1-23(2,3)25-13-15-7-9-16(10-8-15)28-14-19-21(27-22(28)29)26-20-17(30-12-11-24)5-4-6-18(20)31-19/h4-6,14-16,25H,7-13,24H2,1-3H3,(H,26,27,29). The smallest absolute Gasteiger partial charge is 0.350 e. The average Bonchev–Trinajstić information content (AvgIpc) is 2.74. The highest BCUT2D eigenvalue weighted by atomic mass is 16.5. The first kappa shape index (κ1) is 21.6. The fourth-order valence-corrected chi connectivity index (χ4v) is 4.20. The van der Waals surface area contributed by atoms with E-state index >= 15 is 0 Å². The van der Waals surface area contributed by atoms with Crippen LogP contribution in [-0.2, 0) is 0 Å². The van der Waals surface area contributed by atoms with E-state index in [9.17, 15) is 4.79 Å². The van der Waals surface area contributed by atoms with Crippen LogP contribution in [0.3, 0.4) is 0 Å². The van der Waals surface area contributed by atoms with Gasteiger partial charge in [0.05, 0.1) is 6.20 Å². The lowest BCUT2D eigenvalue weighted by Crippen LogP contribution is -2.40. The molecule has 2 heterocycles. The van der Waals surface area contributed by atoms with Gasteiger partial charge in [0.2, 0.25) is 0 Å². The fourth-order valence-electron chi connectivity index (χ4n) is 4.20. The summed E-state index contributed by atoms with van der Waals surface area (Å²) in [5.41, 5.74) is 6.09. The molecule has 4 N–H and O–H groups in total. The van der Waals surface area contributed by atoms with Crippen molar-refractivity contribution in [1.82, 2.24) is 14.9 Å². The van der Waals surface area contributed by atoms with Crippen molar-refractivity contribution in [2.24, 2.45) is 11.7 Å². The topological polar surface area (TPSA) is 103 Å². The number of nitrogens with zero attached hydrogens (tertiary/aromatic N) is 2. The van der Waals surface area contributed by atoms with E-state index in [1.54, 1.807) is 10.8 Å². The van der Waals surface area contributed by atoms with Crippen molar-refractivity contribution in [2.45, 2.75) is 58.0 Å². The summed E-state index contributed by atoms with van der Waals surface area (Å²) >= 11 is 0. The van der Waals surface area contributed by atoms with E-state index in [1.165, 1.54) is 0 Å². The summed E-state index contributed by atoms with van der Waals surface area (Å²) in [6, 6.07) is 5.72. The molecule has 1 aromatic heterocycles. The Morgan fingerprint density at radius 3 is 2.74 bits per heavy atom. The van der Waals surface area contributed by atoms with Crippen molar-refractivity contribution in [3.05, 3.63) is 34.9 Å². The minimum Gasteiger partial charge on any atom is -0.490 e. The Hall–Kier alpha value is -2.58. The number of ether oxygens (including phenoxy) is 2. The third-order valence-electron chi connectivity index (χ3n) is 5.88. The van der Waals surface area contributed by atoms with Gasteiger partial charge in [0.25, 0.3) is 0 Å². The number of para-hydroxylation sites is 1. The van der Waals surface area contributed by atoms with Gasteiger partial charge in [0.1, 0.15) is 18.0 Å². The average molecular weight is 428 g/mol. The van der Waals surface area contributed by atoms with E-state index in [4.69, 9.17) is 15.2 Å². The minimum absolute atomic E-state index is 0.131. The van der Waals surface area contributed by atoms with Crippen LogP contribution >= 0.6 is 0 Å². The predicted molar refractivity (Wildman–Crippen MR) is 122 cm³/mol. The number of benzene rings is 1. The monoisotopic (exact) mass is 427 g/mol. The number of hydrogen-bond donors (Lipinski definition) is 3. The lowest BCUT2D eigenvalue weighted by atomic mass is 9.85. The van der Waals surface area contributed by atoms with Gasteiger partial charge < -0.3 is 25.8 Å². The molecule has 1 fully saturated rings. The number of rotatable bonds is 6. The van der Waals surface area contributed by atoms with Crippen LogP contribution in [0.25, 0.3) is 0 Å². The molecule has 4 rings (SSSR count). The molecular weight excluding hydrogens is 394 g/mol. The molecule has 0 spiro atoms. The van der Waals surface area contributed by atoms with Crippen LogP contribution in [0.5, 0.6) is 17.2 Å². The lowest BCUT2D eigenvalue weighted by molar-refractivity contribution is 0.246. The Morgan fingerprint density at radius 2 is 2.03 bits per heavy atom. The zero-order valence-electron chi connectivity index (χ0n) is 18.6. The molecule has 8 heteroatoms. The number of nitrogens with one attached hydrogen (secondary N) is 2. The number of nitrogens with two attached hydrogens (primary N) is 1. The Labute approximate surface area is 183 Å². The van der Waals surface area contributed by atoms with Crippen molar-refractivity contribution in [3.8, 4) is 17.2 Å². The molecule has 0 radical (unpaired) electrons. The van der Waals surface area contributed by atoms with Crippen molar-refractivity contribution in [3.63, 3.8) is 0 Å². The van der Waals surface area contributed by atoms with E-state index in [-0.39, 0.29) is 17.3 Å². The summed E-state index contributed by atoms with van der Waals surface area (Å²) < 4.78 is 13.5. The van der Waals surface area contributed by atoms with Gasteiger partial charge in [-0.3, -0.25) is 4.57 Å². The van der Waals surface area contributed by atoms with Crippen molar-refractivity contribution in [1.29, 1.82) is 0 Å². The number of fused-ring (bicyclic) bond motifs is 2. The molecule has 0 saturated heterocycles. The number of hydrogen-bond acceptors (Lipinski definition) is 7. The number of aromatic nitrogens is 2. The van der Waals surface area contributed by atoms with Crippen molar-refractivity contribution >= 4 is 11.5 Å². The van der Waals surface area contributed by atoms with Gasteiger partial charge in [-0.1, -0.05) is 6.07 Å². The van der Waals surface area contributed by atoms with Gasteiger partial charge >= 0.3 is 5.69 Å². The summed E-state index contributed by atoms with van der Waals surface area (Å²) in [5, 5.41) is 6.80. The first-order valence-electron chi connectivity index (χ1n) is 11.1. The van der Waals surface area contributed by atoms with E-state index < -0.39 is 0 Å². The quantitative estimate of drug-likeness (QED) is 0.553. The maximum absolute atomic E-state index is 12.8. The first-order chi connectivity index (χ1) is 14.8. The number of anilines is 2. The molecule has 8 nitrogen and oxygen atoms in total. The second kappa shape index (κ2) is 8.88. The van der Waals surface area contributed by atoms with Gasteiger partial charge in [-0.2, -0.15) is 4.98 Å². The maximum Gasteiger partial charge on any atom is 0.350 e. The second-order valence-electron chi connectivity index (χ2n) is 9.44. The molecule has 0 atom stereocenters. The van der Waals surface area contributed by atoms with Gasteiger partial charge in [0, 0.05) is 18.1 Å². The van der Waals surface area contributed by atoms with Crippen LogP contribution in [0.1, 0.15) is 52.5 Å². The molecule has 1 aliphatic heterocycles. The third kappa shape index (κ3) is 5.02. The zero-order chi connectivity index (χ0) is 22.0. The Balaban J connectivity index is 1.47. The highest BCUT2D eigenvalue weighted by Gasteiger charge is 2.27. The highest BCUT2D eigenvalue weighted by Crippen LogP contribution is 2.45. The van der Waals surface area contributed by atoms with Crippen molar-refractivity contribution in [2.75, 3.05) is 25.0 Å². The molecule has 31 heavy (non-hydrogen) atoms.